The molecule has 0 bridgehead atoms. The van der Waals surface area contributed by atoms with Gasteiger partial charge in [0.15, 0.2) is 0 Å². The Hall–Kier alpha value is -1.30. The van der Waals surface area contributed by atoms with Crippen molar-refractivity contribution < 1.29 is 24.2 Å². The highest BCUT2D eigenvalue weighted by molar-refractivity contribution is 5.80. The molecule has 0 saturated carbocycles. The highest BCUT2D eigenvalue weighted by Gasteiger charge is 2.26. The van der Waals surface area contributed by atoms with E-state index < -0.39 is 18.1 Å². The summed E-state index contributed by atoms with van der Waals surface area (Å²) in [6.07, 6.45) is 0.685. The molecule has 0 aliphatic rings. The van der Waals surface area contributed by atoms with Crippen LogP contribution in [0.25, 0.3) is 0 Å². The zero-order chi connectivity index (χ0) is 12.6. The molecule has 0 heterocycles. The lowest BCUT2D eigenvalue weighted by Gasteiger charge is -2.20. The summed E-state index contributed by atoms with van der Waals surface area (Å²) in [5.41, 5.74) is 0. The Balaban J connectivity index is 4.18. The first-order valence-electron chi connectivity index (χ1n) is 5.09. The summed E-state index contributed by atoms with van der Waals surface area (Å²) in [7, 11) is 2.79. The molecule has 6 nitrogen and oxygen atoms in total. The summed E-state index contributed by atoms with van der Waals surface area (Å²) >= 11 is 0. The van der Waals surface area contributed by atoms with Gasteiger partial charge in [0, 0.05) is 13.7 Å². The number of carboxylic acids is 1. The van der Waals surface area contributed by atoms with E-state index in [0.29, 0.717) is 13.0 Å². The van der Waals surface area contributed by atoms with Crippen LogP contribution in [0.3, 0.4) is 0 Å². The van der Waals surface area contributed by atoms with Gasteiger partial charge in [-0.25, -0.2) is 9.59 Å². The van der Waals surface area contributed by atoms with E-state index in [4.69, 9.17) is 9.84 Å². The number of hydrogen-bond acceptors (Lipinski definition) is 4. The summed E-state index contributed by atoms with van der Waals surface area (Å²) in [4.78, 5) is 21.9. The molecule has 0 aromatic rings. The summed E-state index contributed by atoms with van der Waals surface area (Å²) in [5.74, 6) is -1.23. The number of aliphatic carboxylic acids is 1. The molecule has 0 aromatic carbocycles. The first-order chi connectivity index (χ1) is 7.52. The van der Waals surface area contributed by atoms with Crippen molar-refractivity contribution in [2.45, 2.75) is 25.8 Å². The van der Waals surface area contributed by atoms with Gasteiger partial charge in [0.05, 0.1) is 7.11 Å². The van der Waals surface area contributed by atoms with Gasteiger partial charge in [-0.05, 0) is 18.8 Å². The molecule has 6 heteroatoms. The van der Waals surface area contributed by atoms with Crippen molar-refractivity contribution in [2.75, 3.05) is 20.8 Å². The standard InChI is InChI=1S/C10H19NO5/c1-7(5-4-6-15-2)8(9(12)13)11-10(14)16-3/h7-8H,4-6H2,1-3H3,(H,11,14)(H,12,13). The van der Waals surface area contributed by atoms with Crippen molar-refractivity contribution in [1.82, 2.24) is 5.32 Å². The van der Waals surface area contributed by atoms with Crippen LogP contribution in [0.1, 0.15) is 19.8 Å². The first-order valence-corrected chi connectivity index (χ1v) is 5.09. The molecular formula is C10H19NO5. The van der Waals surface area contributed by atoms with E-state index in [0.717, 1.165) is 6.42 Å². The summed E-state index contributed by atoms with van der Waals surface area (Å²) in [5, 5.41) is 11.2. The molecule has 16 heavy (non-hydrogen) atoms. The van der Waals surface area contributed by atoms with Gasteiger partial charge < -0.3 is 19.9 Å². The van der Waals surface area contributed by atoms with Gasteiger partial charge >= 0.3 is 12.1 Å². The maximum Gasteiger partial charge on any atom is 0.407 e. The molecule has 1 amide bonds. The van der Waals surface area contributed by atoms with Gasteiger partial charge in [-0.2, -0.15) is 0 Å². The number of carbonyl (C=O) groups is 2. The summed E-state index contributed by atoms with van der Waals surface area (Å²) < 4.78 is 9.24. The van der Waals surface area contributed by atoms with Crippen molar-refractivity contribution in [2.24, 2.45) is 5.92 Å². The highest BCUT2D eigenvalue weighted by Crippen LogP contribution is 2.11. The summed E-state index contributed by atoms with van der Waals surface area (Å²) in [6.45, 7) is 2.35. The third-order valence-corrected chi connectivity index (χ3v) is 2.30. The quantitative estimate of drug-likeness (QED) is 0.637. The van der Waals surface area contributed by atoms with E-state index in [1.54, 1.807) is 14.0 Å². The van der Waals surface area contributed by atoms with Gasteiger partial charge in [0.2, 0.25) is 0 Å². The molecule has 0 rings (SSSR count). The molecular weight excluding hydrogens is 214 g/mol. The van der Waals surface area contributed by atoms with E-state index in [2.05, 4.69) is 10.1 Å². The predicted molar refractivity (Wildman–Crippen MR) is 57.2 cm³/mol. The number of alkyl carbamates (subject to hydrolysis) is 1. The molecule has 0 spiro atoms. The lowest BCUT2D eigenvalue weighted by molar-refractivity contribution is -0.140. The van der Waals surface area contributed by atoms with Crippen LogP contribution in [0.2, 0.25) is 0 Å². The Morgan fingerprint density at radius 1 is 1.38 bits per heavy atom. The van der Waals surface area contributed by atoms with Crippen molar-refractivity contribution in [3.05, 3.63) is 0 Å². The zero-order valence-corrected chi connectivity index (χ0v) is 9.86. The predicted octanol–water partition coefficient (Wildman–Crippen LogP) is 0.858. The van der Waals surface area contributed by atoms with E-state index in [1.807, 2.05) is 0 Å². The fourth-order valence-electron chi connectivity index (χ4n) is 1.35. The molecule has 0 fully saturated rings. The topological polar surface area (TPSA) is 84.9 Å². The van der Waals surface area contributed by atoms with Crippen LogP contribution < -0.4 is 5.32 Å². The number of ether oxygens (including phenoxy) is 2. The number of rotatable bonds is 7. The third kappa shape index (κ3) is 5.55. The van der Waals surface area contributed by atoms with Crippen LogP contribution >= 0.6 is 0 Å². The molecule has 2 unspecified atom stereocenters. The van der Waals surface area contributed by atoms with Crippen molar-refractivity contribution >= 4 is 12.1 Å². The minimum Gasteiger partial charge on any atom is -0.480 e. The minimum atomic E-state index is -1.06. The van der Waals surface area contributed by atoms with Gasteiger partial charge in [-0.1, -0.05) is 6.92 Å². The average Bonchev–Trinajstić information content (AvgIpc) is 2.25. The number of hydrogen-bond donors (Lipinski definition) is 2. The third-order valence-electron chi connectivity index (χ3n) is 2.30. The molecule has 2 atom stereocenters. The Kier molecular flexibility index (Phi) is 7.28. The van der Waals surface area contributed by atoms with Gasteiger partial charge in [-0.15, -0.1) is 0 Å². The fraction of sp³-hybridized carbons (Fsp3) is 0.800. The second-order valence-corrected chi connectivity index (χ2v) is 3.56. The van der Waals surface area contributed by atoms with Crippen molar-refractivity contribution in [1.29, 1.82) is 0 Å². The molecule has 94 valence electrons. The second-order valence-electron chi connectivity index (χ2n) is 3.56. The van der Waals surface area contributed by atoms with E-state index in [9.17, 15) is 9.59 Å². The number of nitrogens with one attached hydrogen (secondary N) is 1. The largest absolute Gasteiger partial charge is 0.480 e. The van der Waals surface area contributed by atoms with Crippen molar-refractivity contribution in [3.8, 4) is 0 Å². The molecule has 0 aromatic heterocycles. The smallest absolute Gasteiger partial charge is 0.407 e. The Labute approximate surface area is 94.9 Å². The Morgan fingerprint density at radius 2 is 2.00 bits per heavy atom. The van der Waals surface area contributed by atoms with Crippen LogP contribution in [0.5, 0.6) is 0 Å². The molecule has 0 radical (unpaired) electrons. The maximum absolute atomic E-state index is 10.9. The van der Waals surface area contributed by atoms with Crippen LogP contribution in [-0.4, -0.2) is 44.0 Å². The maximum atomic E-state index is 10.9. The van der Waals surface area contributed by atoms with Gasteiger partial charge in [0.1, 0.15) is 6.04 Å². The van der Waals surface area contributed by atoms with E-state index in [1.165, 1.54) is 7.11 Å². The van der Waals surface area contributed by atoms with Gasteiger partial charge in [-0.3, -0.25) is 0 Å². The summed E-state index contributed by atoms with van der Waals surface area (Å²) in [6, 6.07) is -0.927. The monoisotopic (exact) mass is 233 g/mol. The molecule has 2 N–H and O–H groups in total. The number of amides is 1. The fourth-order valence-corrected chi connectivity index (χ4v) is 1.35. The number of carboxylic acid groups (broad SMARTS) is 1. The van der Waals surface area contributed by atoms with Crippen LogP contribution in [0.15, 0.2) is 0 Å². The van der Waals surface area contributed by atoms with Crippen LogP contribution in [0.4, 0.5) is 4.79 Å². The molecule has 0 aliphatic heterocycles. The number of carbonyl (C=O) groups excluding carboxylic acids is 1. The SMILES string of the molecule is COCCCC(C)C(NC(=O)OC)C(=O)O. The highest BCUT2D eigenvalue weighted by atomic mass is 16.5. The Morgan fingerprint density at radius 3 is 2.44 bits per heavy atom. The zero-order valence-electron chi connectivity index (χ0n) is 9.86. The normalized spacial score (nSPS) is 13.9. The lowest BCUT2D eigenvalue weighted by atomic mass is 9.97. The second kappa shape index (κ2) is 7.92. The van der Waals surface area contributed by atoms with E-state index >= 15 is 0 Å². The average molecular weight is 233 g/mol. The first kappa shape index (κ1) is 14.7. The minimum absolute atomic E-state index is 0.174. The molecule has 0 aliphatic carbocycles. The van der Waals surface area contributed by atoms with Crippen LogP contribution in [0, 0.1) is 5.92 Å². The lowest BCUT2D eigenvalue weighted by Crippen LogP contribution is -2.45. The van der Waals surface area contributed by atoms with Gasteiger partial charge in [0.25, 0.3) is 0 Å². The van der Waals surface area contributed by atoms with E-state index in [-0.39, 0.29) is 5.92 Å². The van der Waals surface area contributed by atoms with Crippen LogP contribution in [-0.2, 0) is 14.3 Å². The Bertz CT molecular complexity index is 231. The molecule has 0 saturated heterocycles. The number of methoxy groups -OCH3 is 2. The van der Waals surface area contributed by atoms with Crippen molar-refractivity contribution in [3.63, 3.8) is 0 Å².